The second-order valence-electron chi connectivity index (χ2n) is 6.41. The van der Waals surface area contributed by atoms with Gasteiger partial charge in [0.1, 0.15) is 5.76 Å². The van der Waals surface area contributed by atoms with Crippen molar-refractivity contribution in [1.82, 2.24) is 10.5 Å². The molecule has 0 saturated heterocycles. The zero-order valence-corrected chi connectivity index (χ0v) is 13.8. The van der Waals surface area contributed by atoms with E-state index in [1.807, 2.05) is 38.1 Å². The van der Waals surface area contributed by atoms with Gasteiger partial charge in [0.2, 0.25) is 5.91 Å². The Hall–Kier alpha value is -2.63. The van der Waals surface area contributed by atoms with Gasteiger partial charge in [-0.1, -0.05) is 31.1 Å². The van der Waals surface area contributed by atoms with Crippen LogP contribution in [0.4, 0.5) is 5.69 Å². The number of hydrogen-bond acceptors (Lipinski definition) is 4. The molecule has 126 valence electrons. The number of nitrogens with zero attached hydrogens (tertiary/aromatic N) is 1. The molecule has 2 amide bonds. The minimum absolute atomic E-state index is 0.0199. The molecule has 0 aliphatic heterocycles. The summed E-state index contributed by atoms with van der Waals surface area (Å²) in [6.45, 7) is 4.08. The molecule has 2 N–H and O–H groups in total. The summed E-state index contributed by atoms with van der Waals surface area (Å²) < 4.78 is 5.18. The van der Waals surface area contributed by atoms with Crippen molar-refractivity contribution in [3.05, 3.63) is 47.3 Å². The van der Waals surface area contributed by atoms with Crippen molar-refractivity contribution in [3.63, 3.8) is 0 Å². The standard InChI is InChI=1S/C18H21N3O3/c1-11(2)17(22)20-14-7-3-12(4-8-14)10-19-18(23)15-9-16(24-21-15)13-5-6-13/h3-4,7-9,11,13H,5-6,10H2,1-2H3,(H,19,23)(H,20,22). The number of rotatable bonds is 6. The maximum atomic E-state index is 12.1. The number of benzene rings is 1. The molecule has 1 saturated carbocycles. The van der Waals surface area contributed by atoms with Crippen molar-refractivity contribution in [1.29, 1.82) is 0 Å². The van der Waals surface area contributed by atoms with Crippen LogP contribution in [0.15, 0.2) is 34.9 Å². The molecule has 0 unspecified atom stereocenters. The number of amides is 2. The van der Waals surface area contributed by atoms with Gasteiger partial charge in [-0.05, 0) is 30.5 Å². The van der Waals surface area contributed by atoms with Crippen LogP contribution in [-0.4, -0.2) is 17.0 Å². The van der Waals surface area contributed by atoms with E-state index >= 15 is 0 Å². The molecule has 1 fully saturated rings. The molecule has 3 rings (SSSR count). The Balaban J connectivity index is 1.52. The lowest BCUT2D eigenvalue weighted by Gasteiger charge is -2.08. The van der Waals surface area contributed by atoms with Gasteiger partial charge in [-0.2, -0.15) is 0 Å². The van der Waals surface area contributed by atoms with Gasteiger partial charge in [0, 0.05) is 30.1 Å². The van der Waals surface area contributed by atoms with Crippen molar-refractivity contribution in [2.75, 3.05) is 5.32 Å². The maximum Gasteiger partial charge on any atom is 0.273 e. The lowest BCUT2D eigenvalue weighted by atomic mass is 10.1. The van der Waals surface area contributed by atoms with Gasteiger partial charge in [-0.15, -0.1) is 0 Å². The molecule has 1 aromatic heterocycles. The van der Waals surface area contributed by atoms with Gasteiger partial charge in [0.15, 0.2) is 5.69 Å². The van der Waals surface area contributed by atoms with E-state index in [1.54, 1.807) is 6.07 Å². The Morgan fingerprint density at radius 1 is 1.25 bits per heavy atom. The van der Waals surface area contributed by atoms with E-state index in [0.29, 0.717) is 18.2 Å². The highest BCUT2D eigenvalue weighted by Gasteiger charge is 2.28. The van der Waals surface area contributed by atoms with Gasteiger partial charge in [-0.3, -0.25) is 9.59 Å². The number of carbonyl (C=O) groups is 2. The first-order valence-corrected chi connectivity index (χ1v) is 8.17. The highest BCUT2D eigenvalue weighted by atomic mass is 16.5. The van der Waals surface area contributed by atoms with Gasteiger partial charge >= 0.3 is 0 Å². The van der Waals surface area contributed by atoms with E-state index < -0.39 is 0 Å². The molecule has 0 spiro atoms. The largest absolute Gasteiger partial charge is 0.360 e. The van der Waals surface area contributed by atoms with Crippen LogP contribution in [0, 0.1) is 5.92 Å². The predicted octanol–water partition coefficient (Wildman–Crippen LogP) is 3.08. The number of aromatic nitrogens is 1. The molecule has 24 heavy (non-hydrogen) atoms. The molecule has 6 nitrogen and oxygen atoms in total. The summed E-state index contributed by atoms with van der Waals surface area (Å²) in [7, 11) is 0. The summed E-state index contributed by atoms with van der Waals surface area (Å²) >= 11 is 0. The van der Waals surface area contributed by atoms with Gasteiger partial charge in [-0.25, -0.2) is 0 Å². The smallest absolute Gasteiger partial charge is 0.273 e. The normalized spacial score (nSPS) is 13.8. The van der Waals surface area contributed by atoms with Crippen LogP contribution in [0.3, 0.4) is 0 Å². The zero-order valence-electron chi connectivity index (χ0n) is 13.8. The van der Waals surface area contributed by atoms with Gasteiger partial charge in [0.05, 0.1) is 0 Å². The maximum absolute atomic E-state index is 12.1. The van der Waals surface area contributed by atoms with Crippen LogP contribution in [0.2, 0.25) is 0 Å². The molecule has 6 heteroatoms. The Labute approximate surface area is 140 Å². The molecule has 0 atom stereocenters. The first kappa shape index (κ1) is 16.2. The fourth-order valence-corrected chi connectivity index (χ4v) is 2.22. The Morgan fingerprint density at radius 2 is 1.96 bits per heavy atom. The topological polar surface area (TPSA) is 84.2 Å². The SMILES string of the molecule is CC(C)C(=O)Nc1ccc(CNC(=O)c2cc(C3CC3)on2)cc1. The van der Waals surface area contributed by atoms with Crippen molar-refractivity contribution in [2.24, 2.45) is 5.92 Å². The second kappa shape index (κ2) is 6.86. The van der Waals surface area contributed by atoms with Crippen LogP contribution in [0.1, 0.15) is 54.4 Å². The lowest BCUT2D eigenvalue weighted by Crippen LogP contribution is -2.23. The number of anilines is 1. The van der Waals surface area contributed by atoms with E-state index in [2.05, 4.69) is 15.8 Å². The first-order chi connectivity index (χ1) is 11.5. The molecule has 1 aliphatic carbocycles. The fourth-order valence-electron chi connectivity index (χ4n) is 2.22. The van der Waals surface area contributed by atoms with E-state index in [0.717, 1.165) is 29.9 Å². The molecular formula is C18H21N3O3. The van der Waals surface area contributed by atoms with E-state index in [-0.39, 0.29) is 17.7 Å². The summed E-state index contributed by atoms with van der Waals surface area (Å²) in [5, 5.41) is 9.47. The van der Waals surface area contributed by atoms with E-state index in [4.69, 9.17) is 4.52 Å². The first-order valence-electron chi connectivity index (χ1n) is 8.17. The molecule has 0 bridgehead atoms. The Kier molecular flexibility index (Phi) is 4.64. The summed E-state index contributed by atoms with van der Waals surface area (Å²) in [6.07, 6.45) is 2.21. The summed E-state index contributed by atoms with van der Waals surface area (Å²) in [5.74, 6) is 0.904. The third kappa shape index (κ3) is 4.01. The third-order valence-electron chi connectivity index (χ3n) is 3.94. The monoisotopic (exact) mass is 327 g/mol. The fraction of sp³-hybridized carbons (Fsp3) is 0.389. The quantitative estimate of drug-likeness (QED) is 0.854. The zero-order chi connectivity index (χ0) is 17.1. The second-order valence-corrected chi connectivity index (χ2v) is 6.41. The van der Waals surface area contributed by atoms with Crippen molar-refractivity contribution < 1.29 is 14.1 Å². The molecule has 1 aromatic carbocycles. The van der Waals surface area contributed by atoms with E-state index in [9.17, 15) is 9.59 Å². The number of hydrogen-bond donors (Lipinski definition) is 2. The predicted molar refractivity (Wildman–Crippen MR) is 89.6 cm³/mol. The minimum Gasteiger partial charge on any atom is -0.360 e. The van der Waals surface area contributed by atoms with E-state index in [1.165, 1.54) is 0 Å². The van der Waals surface area contributed by atoms with Crippen LogP contribution >= 0.6 is 0 Å². The number of carbonyl (C=O) groups excluding carboxylic acids is 2. The Morgan fingerprint density at radius 3 is 2.58 bits per heavy atom. The van der Waals surface area contributed by atoms with Crippen molar-refractivity contribution in [2.45, 2.75) is 39.2 Å². The van der Waals surface area contributed by atoms with Crippen LogP contribution < -0.4 is 10.6 Å². The average Bonchev–Trinajstić information content (AvgIpc) is 3.31. The summed E-state index contributed by atoms with van der Waals surface area (Å²) in [5.41, 5.74) is 2.00. The van der Waals surface area contributed by atoms with Gasteiger partial charge < -0.3 is 15.2 Å². The highest BCUT2D eigenvalue weighted by molar-refractivity contribution is 5.92. The molecule has 0 radical (unpaired) electrons. The van der Waals surface area contributed by atoms with Crippen LogP contribution in [0.25, 0.3) is 0 Å². The average molecular weight is 327 g/mol. The third-order valence-corrected chi connectivity index (χ3v) is 3.94. The molecule has 1 heterocycles. The van der Waals surface area contributed by atoms with Crippen LogP contribution in [-0.2, 0) is 11.3 Å². The molecule has 2 aromatic rings. The van der Waals surface area contributed by atoms with Crippen molar-refractivity contribution >= 4 is 17.5 Å². The highest BCUT2D eigenvalue weighted by Crippen LogP contribution is 2.40. The molecule has 1 aliphatic rings. The number of nitrogens with one attached hydrogen (secondary N) is 2. The van der Waals surface area contributed by atoms with Crippen LogP contribution in [0.5, 0.6) is 0 Å². The Bertz CT molecular complexity index is 730. The minimum atomic E-state index is -0.247. The van der Waals surface area contributed by atoms with Gasteiger partial charge in [0.25, 0.3) is 5.91 Å². The van der Waals surface area contributed by atoms with Crippen molar-refractivity contribution in [3.8, 4) is 0 Å². The summed E-state index contributed by atoms with van der Waals surface area (Å²) in [6, 6.07) is 9.10. The lowest BCUT2D eigenvalue weighted by molar-refractivity contribution is -0.118. The molecular weight excluding hydrogens is 306 g/mol. The summed E-state index contributed by atoms with van der Waals surface area (Å²) in [4.78, 5) is 23.7.